The first-order chi connectivity index (χ1) is 13.0. The average Bonchev–Trinajstić information content (AvgIpc) is 2.68. The first kappa shape index (κ1) is 20.0. The molecular formula is C19H25N5O3. The monoisotopic (exact) mass is 371 g/mol. The third kappa shape index (κ3) is 6.18. The number of ether oxygens (including phenoxy) is 1. The molecule has 0 unspecified atom stereocenters. The quantitative estimate of drug-likeness (QED) is 0.217. The molecule has 0 spiro atoms. The van der Waals surface area contributed by atoms with E-state index in [1.165, 1.54) is 12.1 Å². The van der Waals surface area contributed by atoms with E-state index in [4.69, 9.17) is 4.74 Å². The SMILES string of the molecule is CN=C(NCCNc1ccc([N+](=O)[O-])cc1)NCc1ccc(C)cc1OC. The number of hydrogen-bond donors (Lipinski definition) is 3. The minimum Gasteiger partial charge on any atom is -0.496 e. The molecule has 0 aliphatic rings. The Morgan fingerprint density at radius 3 is 2.52 bits per heavy atom. The van der Waals surface area contributed by atoms with Gasteiger partial charge in [0.1, 0.15) is 5.75 Å². The van der Waals surface area contributed by atoms with E-state index in [1.54, 1.807) is 26.3 Å². The van der Waals surface area contributed by atoms with Gasteiger partial charge in [0.15, 0.2) is 5.96 Å². The molecule has 27 heavy (non-hydrogen) atoms. The van der Waals surface area contributed by atoms with E-state index in [0.29, 0.717) is 25.6 Å². The molecule has 0 aliphatic heterocycles. The predicted molar refractivity (Wildman–Crippen MR) is 108 cm³/mol. The molecule has 8 nitrogen and oxygen atoms in total. The first-order valence-corrected chi connectivity index (χ1v) is 8.60. The maximum atomic E-state index is 10.6. The lowest BCUT2D eigenvalue weighted by molar-refractivity contribution is -0.384. The van der Waals surface area contributed by atoms with Crippen LogP contribution >= 0.6 is 0 Å². The number of benzene rings is 2. The zero-order chi connectivity index (χ0) is 19.6. The third-order valence-corrected chi connectivity index (χ3v) is 3.94. The number of anilines is 1. The molecule has 0 bridgehead atoms. The average molecular weight is 371 g/mol. The van der Waals surface area contributed by atoms with Gasteiger partial charge < -0.3 is 20.7 Å². The Bertz CT molecular complexity index is 790. The van der Waals surface area contributed by atoms with Crippen molar-refractivity contribution in [2.24, 2.45) is 4.99 Å². The van der Waals surface area contributed by atoms with Gasteiger partial charge in [-0.2, -0.15) is 0 Å². The molecule has 8 heteroatoms. The van der Waals surface area contributed by atoms with Crippen LogP contribution in [0.25, 0.3) is 0 Å². The van der Waals surface area contributed by atoms with Crippen LogP contribution in [-0.2, 0) is 6.54 Å². The van der Waals surface area contributed by atoms with Crippen molar-refractivity contribution < 1.29 is 9.66 Å². The van der Waals surface area contributed by atoms with Crippen molar-refractivity contribution in [3.05, 3.63) is 63.7 Å². The smallest absolute Gasteiger partial charge is 0.269 e. The lowest BCUT2D eigenvalue weighted by atomic mass is 10.1. The number of rotatable bonds is 8. The van der Waals surface area contributed by atoms with Gasteiger partial charge >= 0.3 is 0 Å². The number of methoxy groups -OCH3 is 1. The molecule has 0 radical (unpaired) electrons. The molecule has 0 aliphatic carbocycles. The number of nitrogens with one attached hydrogen (secondary N) is 3. The summed E-state index contributed by atoms with van der Waals surface area (Å²) in [6, 6.07) is 12.4. The summed E-state index contributed by atoms with van der Waals surface area (Å²) in [5, 5.41) is 20.3. The fourth-order valence-electron chi connectivity index (χ4n) is 2.49. The van der Waals surface area contributed by atoms with Gasteiger partial charge in [-0.25, -0.2) is 0 Å². The molecule has 0 aromatic heterocycles. The first-order valence-electron chi connectivity index (χ1n) is 8.60. The summed E-state index contributed by atoms with van der Waals surface area (Å²) in [4.78, 5) is 14.4. The number of nitrogens with zero attached hydrogens (tertiary/aromatic N) is 2. The fraction of sp³-hybridized carbons (Fsp3) is 0.316. The molecular weight excluding hydrogens is 346 g/mol. The van der Waals surface area contributed by atoms with Gasteiger partial charge in [-0.1, -0.05) is 12.1 Å². The molecule has 3 N–H and O–H groups in total. The molecule has 0 fully saturated rings. The predicted octanol–water partition coefficient (Wildman–Crippen LogP) is 2.69. The van der Waals surface area contributed by atoms with E-state index >= 15 is 0 Å². The topological polar surface area (TPSA) is 101 Å². The molecule has 0 atom stereocenters. The summed E-state index contributed by atoms with van der Waals surface area (Å²) in [5.41, 5.74) is 3.11. The summed E-state index contributed by atoms with van der Waals surface area (Å²) >= 11 is 0. The Balaban J connectivity index is 1.76. The number of nitro benzene ring substituents is 1. The van der Waals surface area contributed by atoms with Gasteiger partial charge in [-0.3, -0.25) is 15.1 Å². The fourth-order valence-corrected chi connectivity index (χ4v) is 2.49. The van der Waals surface area contributed by atoms with E-state index in [2.05, 4.69) is 20.9 Å². The van der Waals surface area contributed by atoms with Crippen molar-refractivity contribution in [2.45, 2.75) is 13.5 Å². The Labute approximate surface area is 158 Å². The van der Waals surface area contributed by atoms with E-state index in [0.717, 1.165) is 22.6 Å². The van der Waals surface area contributed by atoms with Gasteiger partial charge in [-0.05, 0) is 30.7 Å². The highest BCUT2D eigenvalue weighted by molar-refractivity contribution is 5.79. The highest BCUT2D eigenvalue weighted by Crippen LogP contribution is 2.19. The minimum atomic E-state index is -0.413. The van der Waals surface area contributed by atoms with E-state index in [-0.39, 0.29) is 5.69 Å². The van der Waals surface area contributed by atoms with Crippen LogP contribution in [0, 0.1) is 17.0 Å². The maximum Gasteiger partial charge on any atom is 0.269 e. The van der Waals surface area contributed by atoms with E-state index in [9.17, 15) is 10.1 Å². The molecule has 0 heterocycles. The number of aryl methyl sites for hydroxylation is 1. The zero-order valence-corrected chi connectivity index (χ0v) is 15.8. The number of guanidine groups is 1. The molecule has 0 saturated heterocycles. The van der Waals surface area contributed by atoms with Crippen molar-refractivity contribution in [3.8, 4) is 5.75 Å². The Morgan fingerprint density at radius 2 is 1.89 bits per heavy atom. The van der Waals surface area contributed by atoms with Crippen molar-refractivity contribution in [3.63, 3.8) is 0 Å². The molecule has 2 aromatic carbocycles. The third-order valence-electron chi connectivity index (χ3n) is 3.94. The van der Waals surface area contributed by atoms with Crippen molar-refractivity contribution in [1.29, 1.82) is 0 Å². The van der Waals surface area contributed by atoms with Gasteiger partial charge in [0.2, 0.25) is 0 Å². The lowest BCUT2D eigenvalue weighted by Crippen LogP contribution is -2.39. The minimum absolute atomic E-state index is 0.0785. The summed E-state index contributed by atoms with van der Waals surface area (Å²) in [6.07, 6.45) is 0. The van der Waals surface area contributed by atoms with Crippen LogP contribution < -0.4 is 20.7 Å². The van der Waals surface area contributed by atoms with Crippen LogP contribution in [-0.4, -0.2) is 38.1 Å². The number of aliphatic imine (C=N–C) groups is 1. The second kappa shape index (κ2) is 10.0. The van der Waals surface area contributed by atoms with Crippen LogP contribution in [0.5, 0.6) is 5.75 Å². The number of hydrogen-bond acceptors (Lipinski definition) is 5. The summed E-state index contributed by atoms with van der Waals surface area (Å²) < 4.78 is 5.41. The zero-order valence-electron chi connectivity index (χ0n) is 15.8. The molecule has 2 rings (SSSR count). The molecule has 0 amide bonds. The standard InChI is InChI=1S/C19H25N5O3/c1-14-4-5-15(18(12-14)27-3)13-23-19(20-2)22-11-10-21-16-6-8-17(9-7-16)24(25)26/h4-9,12,21H,10-11,13H2,1-3H3,(H2,20,22,23). The lowest BCUT2D eigenvalue weighted by Gasteiger charge is -2.14. The summed E-state index contributed by atoms with van der Waals surface area (Å²) in [6.45, 7) is 3.91. The van der Waals surface area contributed by atoms with Crippen LogP contribution in [0.15, 0.2) is 47.5 Å². The largest absolute Gasteiger partial charge is 0.496 e. The van der Waals surface area contributed by atoms with Gasteiger partial charge in [0.25, 0.3) is 5.69 Å². The Kier molecular flexibility index (Phi) is 7.42. The highest BCUT2D eigenvalue weighted by Gasteiger charge is 2.05. The van der Waals surface area contributed by atoms with E-state index < -0.39 is 4.92 Å². The Morgan fingerprint density at radius 1 is 1.15 bits per heavy atom. The number of non-ortho nitro benzene ring substituents is 1. The van der Waals surface area contributed by atoms with Gasteiger partial charge in [0, 0.05) is 50.1 Å². The second-order valence-corrected chi connectivity index (χ2v) is 5.90. The molecule has 2 aromatic rings. The van der Waals surface area contributed by atoms with Crippen LogP contribution in [0.4, 0.5) is 11.4 Å². The Hall–Kier alpha value is -3.29. The maximum absolute atomic E-state index is 10.6. The van der Waals surface area contributed by atoms with Crippen LogP contribution in [0.2, 0.25) is 0 Å². The van der Waals surface area contributed by atoms with E-state index in [1.807, 2.05) is 25.1 Å². The highest BCUT2D eigenvalue weighted by atomic mass is 16.6. The van der Waals surface area contributed by atoms with Gasteiger partial charge in [-0.15, -0.1) is 0 Å². The van der Waals surface area contributed by atoms with Crippen LogP contribution in [0.3, 0.4) is 0 Å². The summed E-state index contributed by atoms with van der Waals surface area (Å²) in [7, 11) is 3.38. The second-order valence-electron chi connectivity index (χ2n) is 5.90. The van der Waals surface area contributed by atoms with Crippen molar-refractivity contribution in [1.82, 2.24) is 10.6 Å². The number of nitro groups is 1. The van der Waals surface area contributed by atoms with Crippen LogP contribution in [0.1, 0.15) is 11.1 Å². The normalized spacial score (nSPS) is 11.0. The molecule has 0 saturated carbocycles. The van der Waals surface area contributed by atoms with Crippen molar-refractivity contribution >= 4 is 17.3 Å². The van der Waals surface area contributed by atoms with Gasteiger partial charge in [0.05, 0.1) is 12.0 Å². The summed E-state index contributed by atoms with van der Waals surface area (Å²) in [5.74, 6) is 1.53. The molecule has 144 valence electrons. The van der Waals surface area contributed by atoms with Crippen molar-refractivity contribution in [2.75, 3.05) is 32.6 Å².